The van der Waals surface area contributed by atoms with Crippen molar-refractivity contribution in [2.75, 3.05) is 13.7 Å². The zero-order valence-electron chi connectivity index (χ0n) is 21.0. The van der Waals surface area contributed by atoms with Gasteiger partial charge in [0.15, 0.2) is 5.17 Å². The average Bonchev–Trinajstić information content (AvgIpc) is 3.23. The van der Waals surface area contributed by atoms with Crippen LogP contribution in [0.3, 0.4) is 0 Å². The third-order valence-corrected chi connectivity index (χ3v) is 7.99. The molecule has 0 aromatic heterocycles. The van der Waals surface area contributed by atoms with E-state index >= 15 is 0 Å². The number of hydrogen-bond acceptors (Lipinski definition) is 6. The second kappa shape index (κ2) is 12.2. The Labute approximate surface area is 230 Å². The molecule has 2 unspecified atom stereocenters. The monoisotopic (exact) mass is 548 g/mol. The lowest BCUT2D eigenvalue weighted by Crippen LogP contribution is -2.42. The molecule has 2 atom stereocenters. The van der Waals surface area contributed by atoms with Crippen LogP contribution in [0.15, 0.2) is 71.7 Å². The summed E-state index contributed by atoms with van der Waals surface area (Å²) in [6, 6.07) is 20.5. The summed E-state index contributed by atoms with van der Waals surface area (Å²) in [5, 5.41) is 4.94. The minimum atomic E-state index is -0.522. The Bertz CT molecular complexity index is 1400. The number of amides is 2. The van der Waals surface area contributed by atoms with Crippen LogP contribution in [0.1, 0.15) is 34.8 Å². The van der Waals surface area contributed by atoms with E-state index < -0.39 is 17.1 Å². The molecule has 0 bridgehead atoms. The number of fused-ring (bicyclic) bond motifs is 1. The minimum Gasteiger partial charge on any atom is -0.469 e. The summed E-state index contributed by atoms with van der Waals surface area (Å²) in [5.41, 5.74) is 7.78. The van der Waals surface area contributed by atoms with Gasteiger partial charge in [-0.1, -0.05) is 78.6 Å². The molecule has 1 aliphatic heterocycles. The topological polar surface area (TPSA) is 114 Å². The summed E-state index contributed by atoms with van der Waals surface area (Å²) >= 11 is 6.23. The third kappa shape index (κ3) is 6.20. The van der Waals surface area contributed by atoms with Gasteiger partial charge in [0.1, 0.15) is 10.2 Å². The number of benzene rings is 3. The maximum absolute atomic E-state index is 13.1. The SMILES string of the molecule is COC(=O)CCNC(=O)C1SC(=NC(=O)c2ccc(C(N)=S)cc2)N(Cc2cccc3ccccc23)C1C. The molecule has 196 valence electrons. The van der Waals surface area contributed by atoms with E-state index in [0.29, 0.717) is 22.8 Å². The van der Waals surface area contributed by atoms with Gasteiger partial charge in [0, 0.05) is 30.3 Å². The van der Waals surface area contributed by atoms with Crippen LogP contribution in [0.2, 0.25) is 0 Å². The van der Waals surface area contributed by atoms with Crippen LogP contribution >= 0.6 is 24.0 Å². The molecule has 3 N–H and O–H groups in total. The number of nitrogens with two attached hydrogens (primary N) is 1. The Morgan fingerprint density at radius 3 is 2.45 bits per heavy atom. The summed E-state index contributed by atoms with van der Waals surface area (Å²) in [6.07, 6.45) is 0.0788. The molecular weight excluding hydrogens is 520 g/mol. The molecule has 1 heterocycles. The molecule has 10 heteroatoms. The second-order valence-corrected chi connectivity index (χ2v) is 10.4. The number of carbonyl (C=O) groups is 3. The number of nitrogens with zero attached hydrogens (tertiary/aromatic N) is 2. The minimum absolute atomic E-state index is 0.0788. The number of nitrogens with one attached hydrogen (secondary N) is 1. The van der Waals surface area contributed by atoms with Crippen LogP contribution in [0, 0.1) is 0 Å². The Morgan fingerprint density at radius 2 is 1.74 bits per heavy atom. The molecule has 0 radical (unpaired) electrons. The lowest BCUT2D eigenvalue weighted by atomic mass is 10.0. The van der Waals surface area contributed by atoms with Crippen molar-refractivity contribution in [3.05, 3.63) is 83.4 Å². The molecule has 0 aliphatic carbocycles. The number of ether oxygens (including phenoxy) is 1. The van der Waals surface area contributed by atoms with Crippen molar-refractivity contribution in [1.82, 2.24) is 10.2 Å². The smallest absolute Gasteiger partial charge is 0.307 e. The van der Waals surface area contributed by atoms with E-state index in [1.165, 1.54) is 18.9 Å². The van der Waals surface area contributed by atoms with Gasteiger partial charge in [-0.15, -0.1) is 0 Å². The molecular formula is C28H28N4O4S2. The largest absolute Gasteiger partial charge is 0.469 e. The number of aliphatic imine (C=N–C) groups is 1. The fourth-order valence-corrected chi connectivity index (χ4v) is 5.62. The first kappa shape index (κ1) is 27.3. The first-order chi connectivity index (χ1) is 18.3. The van der Waals surface area contributed by atoms with Crippen LogP contribution in [-0.2, 0) is 20.9 Å². The zero-order valence-corrected chi connectivity index (χ0v) is 22.7. The Hall–Kier alpha value is -3.76. The van der Waals surface area contributed by atoms with E-state index in [1.54, 1.807) is 24.3 Å². The van der Waals surface area contributed by atoms with Gasteiger partial charge in [0.2, 0.25) is 5.91 Å². The molecule has 0 saturated carbocycles. The fraction of sp³-hybridized carbons (Fsp3) is 0.250. The summed E-state index contributed by atoms with van der Waals surface area (Å²) in [6.45, 7) is 2.57. The normalized spacial score (nSPS) is 17.9. The van der Waals surface area contributed by atoms with E-state index in [-0.39, 0.29) is 29.9 Å². The van der Waals surface area contributed by atoms with Crippen molar-refractivity contribution in [2.45, 2.75) is 31.2 Å². The van der Waals surface area contributed by atoms with Crippen LogP contribution in [0.5, 0.6) is 0 Å². The number of rotatable bonds is 8. The average molecular weight is 549 g/mol. The van der Waals surface area contributed by atoms with Crippen molar-refractivity contribution >= 4 is 62.7 Å². The number of thiocarbonyl (C=S) groups is 1. The van der Waals surface area contributed by atoms with E-state index in [4.69, 9.17) is 18.0 Å². The summed E-state index contributed by atoms with van der Waals surface area (Å²) < 4.78 is 4.65. The molecule has 0 spiro atoms. The maximum Gasteiger partial charge on any atom is 0.307 e. The van der Waals surface area contributed by atoms with Gasteiger partial charge < -0.3 is 20.7 Å². The zero-order chi connectivity index (χ0) is 27.2. The van der Waals surface area contributed by atoms with Gasteiger partial charge in [-0.05, 0) is 35.4 Å². The summed E-state index contributed by atoms with van der Waals surface area (Å²) in [5.74, 6) is -1.05. The first-order valence-corrected chi connectivity index (χ1v) is 13.3. The summed E-state index contributed by atoms with van der Waals surface area (Å²) in [4.78, 5) is 44.3. The number of carbonyl (C=O) groups excluding carboxylic acids is 3. The number of amidine groups is 1. The van der Waals surface area contributed by atoms with E-state index in [2.05, 4.69) is 21.1 Å². The molecule has 3 aromatic rings. The molecule has 3 aromatic carbocycles. The van der Waals surface area contributed by atoms with Crippen molar-refractivity contribution in [3.63, 3.8) is 0 Å². The quantitative estimate of drug-likeness (QED) is 0.324. The van der Waals surface area contributed by atoms with Crippen LogP contribution in [-0.4, -0.2) is 57.8 Å². The predicted octanol–water partition coefficient (Wildman–Crippen LogP) is 3.66. The van der Waals surface area contributed by atoms with Crippen molar-refractivity contribution in [2.24, 2.45) is 10.7 Å². The Kier molecular flexibility index (Phi) is 8.75. The van der Waals surface area contributed by atoms with Gasteiger partial charge in [0.05, 0.1) is 13.5 Å². The van der Waals surface area contributed by atoms with Crippen molar-refractivity contribution < 1.29 is 19.1 Å². The predicted molar refractivity (Wildman–Crippen MR) is 154 cm³/mol. The van der Waals surface area contributed by atoms with Gasteiger partial charge in [0.25, 0.3) is 5.91 Å². The first-order valence-electron chi connectivity index (χ1n) is 12.1. The van der Waals surface area contributed by atoms with E-state index in [9.17, 15) is 14.4 Å². The molecule has 4 rings (SSSR count). The van der Waals surface area contributed by atoms with Crippen LogP contribution in [0.4, 0.5) is 0 Å². The number of esters is 1. The molecule has 2 amide bonds. The second-order valence-electron chi connectivity index (χ2n) is 8.80. The van der Waals surface area contributed by atoms with Crippen LogP contribution in [0.25, 0.3) is 10.8 Å². The van der Waals surface area contributed by atoms with Gasteiger partial charge in [-0.3, -0.25) is 14.4 Å². The Morgan fingerprint density at radius 1 is 1.05 bits per heavy atom. The highest BCUT2D eigenvalue weighted by atomic mass is 32.2. The summed E-state index contributed by atoms with van der Waals surface area (Å²) in [7, 11) is 1.31. The molecule has 8 nitrogen and oxygen atoms in total. The highest BCUT2D eigenvalue weighted by Crippen LogP contribution is 2.34. The molecule has 1 saturated heterocycles. The maximum atomic E-state index is 13.1. The van der Waals surface area contributed by atoms with Crippen molar-refractivity contribution in [1.29, 1.82) is 0 Å². The van der Waals surface area contributed by atoms with Gasteiger partial charge in [-0.2, -0.15) is 4.99 Å². The molecule has 1 fully saturated rings. The molecule has 38 heavy (non-hydrogen) atoms. The third-order valence-electron chi connectivity index (χ3n) is 6.36. The van der Waals surface area contributed by atoms with Gasteiger partial charge >= 0.3 is 5.97 Å². The van der Waals surface area contributed by atoms with E-state index in [1.807, 2.05) is 48.2 Å². The highest BCUT2D eigenvalue weighted by molar-refractivity contribution is 8.15. The number of thioether (sulfide) groups is 1. The van der Waals surface area contributed by atoms with E-state index in [0.717, 1.165) is 16.3 Å². The standard InChI is InChI=1S/C28H28N4O4S2/c1-17-24(27(35)30-15-14-23(33)36-2)38-28(31-26(34)20-12-10-19(11-13-20)25(29)37)32(17)16-21-8-5-7-18-6-3-4-9-22(18)21/h3-13,17,24H,14-16H2,1-2H3,(H2,29,37)(H,30,35). The Balaban J connectivity index is 1.62. The lowest BCUT2D eigenvalue weighted by Gasteiger charge is -2.25. The highest BCUT2D eigenvalue weighted by Gasteiger charge is 2.41. The van der Waals surface area contributed by atoms with Gasteiger partial charge in [-0.25, -0.2) is 0 Å². The molecule has 1 aliphatic rings. The number of hydrogen-bond donors (Lipinski definition) is 2. The van der Waals surface area contributed by atoms with Crippen molar-refractivity contribution in [3.8, 4) is 0 Å². The number of methoxy groups -OCH3 is 1. The lowest BCUT2D eigenvalue weighted by molar-refractivity contribution is -0.140. The van der Waals surface area contributed by atoms with Crippen LogP contribution < -0.4 is 11.1 Å². The fourth-order valence-electron chi connectivity index (χ4n) is 4.22.